The molecule has 0 aliphatic carbocycles. The highest BCUT2D eigenvalue weighted by Gasteiger charge is 2.02. The van der Waals surface area contributed by atoms with Gasteiger partial charge in [-0.05, 0) is 40.5 Å². The van der Waals surface area contributed by atoms with Crippen molar-refractivity contribution in [2.45, 2.75) is 20.0 Å². The minimum absolute atomic E-state index is 0.250. The molecule has 1 aromatic carbocycles. The Morgan fingerprint density at radius 1 is 1.35 bits per heavy atom. The van der Waals surface area contributed by atoms with Gasteiger partial charge in [0.2, 0.25) is 0 Å². The van der Waals surface area contributed by atoms with Crippen LogP contribution < -0.4 is 5.32 Å². The number of halogens is 1. The Hall–Kier alpha value is -1.33. The van der Waals surface area contributed by atoms with Crippen LogP contribution in [0.1, 0.15) is 17.0 Å². The molecule has 0 aliphatic heterocycles. The van der Waals surface area contributed by atoms with Crippen LogP contribution in [0.15, 0.2) is 33.3 Å². The molecule has 0 unspecified atom stereocenters. The Morgan fingerprint density at radius 2 is 2.18 bits per heavy atom. The van der Waals surface area contributed by atoms with E-state index in [0.29, 0.717) is 17.6 Å². The highest BCUT2D eigenvalue weighted by molar-refractivity contribution is 9.10. The number of aromatic hydroxyl groups is 1. The van der Waals surface area contributed by atoms with Gasteiger partial charge in [-0.1, -0.05) is 11.2 Å². The number of aryl methyl sites for hydroxylation is 1. The van der Waals surface area contributed by atoms with E-state index in [9.17, 15) is 5.11 Å². The molecule has 0 amide bonds. The maximum Gasteiger partial charge on any atom is 0.150 e. The third kappa shape index (κ3) is 3.31. The van der Waals surface area contributed by atoms with Gasteiger partial charge in [0.1, 0.15) is 5.75 Å². The van der Waals surface area contributed by atoms with Gasteiger partial charge in [0.05, 0.1) is 16.7 Å². The van der Waals surface area contributed by atoms with Crippen molar-refractivity contribution >= 4 is 15.9 Å². The molecule has 0 saturated carbocycles. The molecule has 0 fully saturated rings. The van der Waals surface area contributed by atoms with E-state index in [4.69, 9.17) is 4.52 Å². The average Bonchev–Trinajstić information content (AvgIpc) is 2.70. The molecule has 4 nitrogen and oxygen atoms in total. The highest BCUT2D eigenvalue weighted by Crippen LogP contribution is 2.24. The summed E-state index contributed by atoms with van der Waals surface area (Å²) in [5.74, 6) is 1.07. The van der Waals surface area contributed by atoms with Crippen LogP contribution in [0.4, 0.5) is 0 Å². The Balaban J connectivity index is 1.87. The molecule has 1 aromatic heterocycles. The Morgan fingerprint density at radius 3 is 2.82 bits per heavy atom. The number of hydrogen-bond donors (Lipinski definition) is 2. The van der Waals surface area contributed by atoms with Gasteiger partial charge >= 0.3 is 0 Å². The number of phenolic OH excluding ortho intramolecular Hbond substituents is 1. The summed E-state index contributed by atoms with van der Waals surface area (Å²) in [6.07, 6.45) is 0. The number of benzene rings is 1. The second kappa shape index (κ2) is 5.33. The zero-order valence-corrected chi connectivity index (χ0v) is 11.0. The van der Waals surface area contributed by atoms with Crippen LogP contribution in [0.3, 0.4) is 0 Å². The van der Waals surface area contributed by atoms with Crippen molar-refractivity contribution < 1.29 is 9.63 Å². The van der Waals surface area contributed by atoms with Crippen molar-refractivity contribution in [3.05, 3.63) is 45.8 Å². The van der Waals surface area contributed by atoms with Gasteiger partial charge in [0, 0.05) is 12.6 Å². The fraction of sp³-hybridized carbons (Fsp3) is 0.250. The number of rotatable bonds is 4. The van der Waals surface area contributed by atoms with E-state index in [-0.39, 0.29) is 5.75 Å². The van der Waals surface area contributed by atoms with Gasteiger partial charge in [0.15, 0.2) is 5.76 Å². The van der Waals surface area contributed by atoms with Crippen molar-refractivity contribution in [3.8, 4) is 5.75 Å². The second-order valence-electron chi connectivity index (χ2n) is 3.82. The molecular formula is C12H13BrN2O2. The van der Waals surface area contributed by atoms with E-state index in [2.05, 4.69) is 26.4 Å². The maximum absolute atomic E-state index is 9.36. The topological polar surface area (TPSA) is 58.3 Å². The van der Waals surface area contributed by atoms with Crippen molar-refractivity contribution in [3.63, 3.8) is 0 Å². The lowest BCUT2D eigenvalue weighted by Crippen LogP contribution is -2.12. The number of aromatic nitrogens is 1. The van der Waals surface area contributed by atoms with Crippen molar-refractivity contribution in [1.29, 1.82) is 0 Å². The summed E-state index contributed by atoms with van der Waals surface area (Å²) < 4.78 is 5.78. The van der Waals surface area contributed by atoms with E-state index in [1.54, 1.807) is 6.07 Å². The summed E-state index contributed by atoms with van der Waals surface area (Å²) in [4.78, 5) is 0. The van der Waals surface area contributed by atoms with Crippen LogP contribution in [0, 0.1) is 6.92 Å². The molecule has 1 heterocycles. The van der Waals surface area contributed by atoms with E-state index >= 15 is 0 Å². The lowest BCUT2D eigenvalue weighted by atomic mass is 10.2. The molecule has 0 saturated heterocycles. The fourth-order valence-electron chi connectivity index (χ4n) is 1.49. The van der Waals surface area contributed by atoms with Crippen molar-refractivity contribution in [2.75, 3.05) is 0 Å². The summed E-state index contributed by atoms with van der Waals surface area (Å²) in [7, 11) is 0. The summed E-state index contributed by atoms with van der Waals surface area (Å²) in [6, 6.07) is 7.33. The number of nitrogens with zero attached hydrogens (tertiary/aromatic N) is 1. The third-order valence-electron chi connectivity index (χ3n) is 2.32. The van der Waals surface area contributed by atoms with Crippen molar-refractivity contribution in [1.82, 2.24) is 10.5 Å². The molecule has 0 atom stereocenters. The summed E-state index contributed by atoms with van der Waals surface area (Å²) in [5.41, 5.74) is 1.97. The van der Waals surface area contributed by atoms with Gasteiger partial charge in [-0.2, -0.15) is 0 Å². The lowest BCUT2D eigenvalue weighted by molar-refractivity contribution is 0.369. The second-order valence-corrected chi connectivity index (χ2v) is 4.68. The predicted octanol–water partition coefficient (Wildman–Crippen LogP) is 2.74. The molecular weight excluding hydrogens is 284 g/mol. The Kier molecular flexibility index (Phi) is 3.81. The first kappa shape index (κ1) is 12.1. The Bertz CT molecular complexity index is 511. The van der Waals surface area contributed by atoms with Gasteiger partial charge in [-0.15, -0.1) is 0 Å². The molecule has 17 heavy (non-hydrogen) atoms. The predicted molar refractivity (Wildman–Crippen MR) is 67.6 cm³/mol. The first-order valence-electron chi connectivity index (χ1n) is 5.25. The zero-order valence-electron chi connectivity index (χ0n) is 9.40. The number of phenols is 1. The smallest absolute Gasteiger partial charge is 0.150 e. The Labute approximate surface area is 108 Å². The largest absolute Gasteiger partial charge is 0.507 e. The van der Waals surface area contributed by atoms with Crippen molar-refractivity contribution in [2.24, 2.45) is 0 Å². The minimum Gasteiger partial charge on any atom is -0.507 e. The first-order chi connectivity index (χ1) is 8.15. The fourth-order valence-corrected chi connectivity index (χ4v) is 1.92. The molecule has 90 valence electrons. The first-order valence-corrected chi connectivity index (χ1v) is 6.05. The molecule has 0 radical (unpaired) electrons. The molecule has 2 N–H and O–H groups in total. The molecule has 0 spiro atoms. The van der Waals surface area contributed by atoms with E-state index in [1.165, 1.54) is 0 Å². The van der Waals surface area contributed by atoms with Gasteiger partial charge in [-0.25, -0.2) is 0 Å². The quantitative estimate of drug-likeness (QED) is 0.911. The van der Waals surface area contributed by atoms with Gasteiger partial charge in [0.25, 0.3) is 0 Å². The van der Waals surface area contributed by atoms with Crippen LogP contribution in [-0.2, 0) is 13.1 Å². The summed E-state index contributed by atoms with van der Waals surface area (Å²) in [6.45, 7) is 3.24. The normalized spacial score (nSPS) is 10.7. The molecule has 0 aliphatic rings. The van der Waals surface area contributed by atoms with Crippen LogP contribution in [0.5, 0.6) is 5.75 Å². The summed E-state index contributed by atoms with van der Waals surface area (Å²) in [5, 5.41) is 16.4. The maximum atomic E-state index is 9.36. The molecule has 5 heteroatoms. The molecule has 2 rings (SSSR count). The summed E-state index contributed by atoms with van der Waals surface area (Å²) >= 11 is 3.28. The van der Waals surface area contributed by atoms with Crippen LogP contribution >= 0.6 is 15.9 Å². The van der Waals surface area contributed by atoms with E-state index < -0.39 is 0 Å². The molecule has 0 bridgehead atoms. The van der Waals surface area contributed by atoms with Crippen LogP contribution in [-0.4, -0.2) is 10.3 Å². The average molecular weight is 297 g/mol. The number of nitrogens with one attached hydrogen (secondary N) is 1. The molecule has 2 aromatic rings. The van der Waals surface area contributed by atoms with Crippen LogP contribution in [0.25, 0.3) is 0 Å². The third-order valence-corrected chi connectivity index (χ3v) is 2.95. The van der Waals surface area contributed by atoms with Gasteiger partial charge in [-0.3, -0.25) is 0 Å². The van der Waals surface area contributed by atoms with Crippen LogP contribution in [0.2, 0.25) is 0 Å². The SMILES string of the molecule is Cc1cc(CNCc2ccc(O)c(Br)c2)on1. The number of hydrogen-bond acceptors (Lipinski definition) is 4. The highest BCUT2D eigenvalue weighted by atomic mass is 79.9. The van der Waals surface area contributed by atoms with Gasteiger partial charge < -0.3 is 14.9 Å². The standard InChI is InChI=1S/C12H13BrN2O2/c1-8-4-10(17-15-8)7-14-6-9-2-3-12(16)11(13)5-9/h2-5,14,16H,6-7H2,1H3. The minimum atomic E-state index is 0.250. The monoisotopic (exact) mass is 296 g/mol. The lowest BCUT2D eigenvalue weighted by Gasteiger charge is -2.04. The zero-order chi connectivity index (χ0) is 12.3. The van der Waals surface area contributed by atoms with E-state index in [1.807, 2.05) is 25.1 Å². The van der Waals surface area contributed by atoms with E-state index in [0.717, 1.165) is 17.0 Å².